The molecule has 5 N–H and O–H groups in total. The van der Waals surface area contributed by atoms with Gasteiger partial charge in [0, 0.05) is 12.1 Å². The fraction of sp³-hybridized carbons (Fsp3) is 0.455. The lowest BCUT2D eigenvalue weighted by Crippen LogP contribution is -2.37. The zero-order chi connectivity index (χ0) is 12.1. The van der Waals surface area contributed by atoms with Crippen LogP contribution in [-0.2, 0) is 0 Å². The maximum atomic E-state index is 13.5. The van der Waals surface area contributed by atoms with Crippen LogP contribution < -0.4 is 16.2 Å². The second-order valence-electron chi connectivity index (χ2n) is 3.50. The minimum atomic E-state index is -0.600. The molecule has 1 aromatic rings. The third-order valence-corrected chi connectivity index (χ3v) is 2.31. The van der Waals surface area contributed by atoms with Gasteiger partial charge in [-0.15, -0.1) is 0 Å². The number of aliphatic hydroxyl groups is 1. The van der Waals surface area contributed by atoms with Crippen LogP contribution in [0.15, 0.2) is 18.2 Å². The molecule has 4 nitrogen and oxygen atoms in total. The Labute approximate surface area is 94.0 Å². The van der Waals surface area contributed by atoms with E-state index in [0.717, 1.165) is 0 Å². The van der Waals surface area contributed by atoms with E-state index in [0.29, 0.717) is 12.2 Å². The van der Waals surface area contributed by atoms with Crippen LogP contribution in [0.4, 0.5) is 4.39 Å². The molecule has 0 bridgehead atoms. The fourth-order valence-electron chi connectivity index (χ4n) is 1.36. The van der Waals surface area contributed by atoms with Crippen LogP contribution >= 0.6 is 0 Å². The van der Waals surface area contributed by atoms with Crippen molar-refractivity contribution in [3.05, 3.63) is 29.6 Å². The van der Waals surface area contributed by atoms with Crippen molar-refractivity contribution in [2.75, 3.05) is 13.2 Å². The second-order valence-corrected chi connectivity index (χ2v) is 3.50. The molecule has 16 heavy (non-hydrogen) atoms. The summed E-state index contributed by atoms with van der Waals surface area (Å²) in [6.07, 6.45) is 0. The van der Waals surface area contributed by atoms with Crippen LogP contribution in [0, 0.1) is 5.82 Å². The highest BCUT2D eigenvalue weighted by atomic mass is 19.1. The molecule has 2 unspecified atom stereocenters. The highest BCUT2D eigenvalue weighted by molar-refractivity contribution is 5.31. The summed E-state index contributed by atoms with van der Waals surface area (Å²) in [5.41, 5.74) is 11.9. The lowest BCUT2D eigenvalue weighted by molar-refractivity contribution is 0.249. The maximum absolute atomic E-state index is 13.5. The Morgan fingerprint density at radius 3 is 2.62 bits per heavy atom. The third-order valence-electron chi connectivity index (χ3n) is 2.31. The first-order valence-electron chi connectivity index (χ1n) is 5.14. The number of aliphatic hydroxyl groups excluding tert-OH is 1. The summed E-state index contributed by atoms with van der Waals surface area (Å²) < 4.78 is 18.5. The zero-order valence-corrected chi connectivity index (χ0v) is 9.19. The molecule has 0 aliphatic rings. The molecular formula is C11H17FN2O2. The van der Waals surface area contributed by atoms with E-state index in [1.54, 1.807) is 13.0 Å². The summed E-state index contributed by atoms with van der Waals surface area (Å²) in [6.45, 7) is 1.94. The molecule has 0 amide bonds. The predicted octanol–water partition coefficient (Wildman–Crippen LogP) is 0.544. The zero-order valence-electron chi connectivity index (χ0n) is 9.19. The number of nitrogens with two attached hydrogens (primary N) is 2. The van der Waals surface area contributed by atoms with E-state index >= 15 is 0 Å². The molecule has 0 aliphatic heterocycles. The molecule has 0 saturated heterocycles. The van der Waals surface area contributed by atoms with Crippen molar-refractivity contribution in [2.24, 2.45) is 11.5 Å². The molecule has 1 rings (SSSR count). The van der Waals surface area contributed by atoms with Crippen molar-refractivity contribution < 1.29 is 14.2 Å². The molecule has 0 spiro atoms. The molecule has 1 aromatic carbocycles. The molecule has 90 valence electrons. The molecular weight excluding hydrogens is 211 g/mol. The molecule has 5 heteroatoms. The van der Waals surface area contributed by atoms with Gasteiger partial charge in [-0.2, -0.15) is 0 Å². The van der Waals surface area contributed by atoms with Crippen LogP contribution in [0.2, 0.25) is 0 Å². The number of hydrogen-bond acceptors (Lipinski definition) is 4. The van der Waals surface area contributed by atoms with Gasteiger partial charge in [-0.3, -0.25) is 0 Å². The van der Waals surface area contributed by atoms with Gasteiger partial charge in [0.2, 0.25) is 0 Å². The lowest BCUT2D eigenvalue weighted by Gasteiger charge is -2.18. The van der Waals surface area contributed by atoms with Crippen molar-refractivity contribution in [1.29, 1.82) is 0 Å². The van der Waals surface area contributed by atoms with Gasteiger partial charge < -0.3 is 21.3 Å². The summed E-state index contributed by atoms with van der Waals surface area (Å²) in [5, 5.41) is 8.85. The smallest absolute Gasteiger partial charge is 0.165 e. The largest absolute Gasteiger partial charge is 0.491 e. The van der Waals surface area contributed by atoms with E-state index in [1.165, 1.54) is 12.1 Å². The normalized spacial score (nSPS) is 14.6. The number of rotatable bonds is 5. The first kappa shape index (κ1) is 12.9. The van der Waals surface area contributed by atoms with Crippen LogP contribution in [-0.4, -0.2) is 24.4 Å². The van der Waals surface area contributed by atoms with Crippen LogP contribution in [0.25, 0.3) is 0 Å². The molecule has 0 aromatic heterocycles. The van der Waals surface area contributed by atoms with E-state index in [4.69, 9.17) is 21.3 Å². The van der Waals surface area contributed by atoms with Gasteiger partial charge in [0.15, 0.2) is 11.6 Å². The molecule has 0 aliphatic carbocycles. The average Bonchev–Trinajstić information content (AvgIpc) is 2.30. The van der Waals surface area contributed by atoms with Gasteiger partial charge in [0.1, 0.15) is 0 Å². The Balaban J connectivity index is 2.87. The monoisotopic (exact) mass is 228 g/mol. The van der Waals surface area contributed by atoms with E-state index in [2.05, 4.69) is 0 Å². The first-order chi connectivity index (χ1) is 7.60. The predicted molar refractivity (Wildman–Crippen MR) is 59.6 cm³/mol. The molecule has 0 saturated carbocycles. The van der Waals surface area contributed by atoms with E-state index in [9.17, 15) is 4.39 Å². The highest BCUT2D eigenvalue weighted by Crippen LogP contribution is 2.22. The average molecular weight is 228 g/mol. The number of benzene rings is 1. The summed E-state index contributed by atoms with van der Waals surface area (Å²) in [7, 11) is 0. The van der Waals surface area contributed by atoms with E-state index in [1.807, 2.05) is 0 Å². The maximum Gasteiger partial charge on any atom is 0.165 e. The van der Waals surface area contributed by atoms with E-state index in [-0.39, 0.29) is 12.4 Å². The quantitative estimate of drug-likeness (QED) is 0.687. The summed E-state index contributed by atoms with van der Waals surface area (Å²) in [5.74, 6) is -0.282. The number of halogens is 1. The van der Waals surface area contributed by atoms with Crippen molar-refractivity contribution in [2.45, 2.75) is 19.0 Å². The van der Waals surface area contributed by atoms with Gasteiger partial charge in [0.05, 0.1) is 13.2 Å². The van der Waals surface area contributed by atoms with Crippen molar-refractivity contribution in [3.63, 3.8) is 0 Å². The van der Waals surface area contributed by atoms with Gasteiger partial charge in [-0.25, -0.2) is 4.39 Å². The van der Waals surface area contributed by atoms with Crippen LogP contribution in [0.3, 0.4) is 0 Å². The Hall–Kier alpha value is -1.17. The van der Waals surface area contributed by atoms with Gasteiger partial charge in [-0.05, 0) is 24.6 Å². The molecule has 0 heterocycles. The van der Waals surface area contributed by atoms with E-state index < -0.39 is 17.9 Å². The molecule has 2 atom stereocenters. The summed E-state index contributed by atoms with van der Waals surface area (Å²) in [6, 6.07) is 3.25. The fourth-order valence-corrected chi connectivity index (χ4v) is 1.36. The van der Waals surface area contributed by atoms with Crippen LogP contribution in [0.1, 0.15) is 18.5 Å². The Morgan fingerprint density at radius 2 is 2.12 bits per heavy atom. The van der Waals surface area contributed by atoms with Crippen molar-refractivity contribution in [3.8, 4) is 5.75 Å². The molecule has 0 radical (unpaired) electrons. The van der Waals surface area contributed by atoms with Gasteiger partial charge in [0.25, 0.3) is 0 Å². The topological polar surface area (TPSA) is 81.5 Å². The summed E-state index contributed by atoms with van der Waals surface area (Å²) >= 11 is 0. The minimum Gasteiger partial charge on any atom is -0.491 e. The summed E-state index contributed by atoms with van der Waals surface area (Å²) in [4.78, 5) is 0. The third kappa shape index (κ3) is 2.91. The molecule has 0 fully saturated rings. The second kappa shape index (κ2) is 5.79. The minimum absolute atomic E-state index is 0.191. The SMILES string of the molecule is CCOc1ccc(C(N)C(N)CO)cc1F. The van der Waals surface area contributed by atoms with Gasteiger partial charge in [-0.1, -0.05) is 6.07 Å². The highest BCUT2D eigenvalue weighted by Gasteiger charge is 2.16. The van der Waals surface area contributed by atoms with Crippen LogP contribution in [0.5, 0.6) is 5.75 Å². The number of hydrogen-bond donors (Lipinski definition) is 3. The lowest BCUT2D eigenvalue weighted by atomic mass is 10.0. The van der Waals surface area contributed by atoms with Gasteiger partial charge >= 0.3 is 0 Å². The number of ether oxygens (including phenoxy) is 1. The Bertz CT molecular complexity index is 347. The van der Waals surface area contributed by atoms with Crippen molar-refractivity contribution >= 4 is 0 Å². The standard InChI is InChI=1S/C11H17FN2O2/c1-2-16-10-4-3-7(5-8(10)12)11(14)9(13)6-15/h3-5,9,11,15H,2,6,13-14H2,1H3. The Kier molecular flexibility index (Phi) is 4.67. The Morgan fingerprint density at radius 1 is 1.44 bits per heavy atom. The van der Waals surface area contributed by atoms with Crippen molar-refractivity contribution in [1.82, 2.24) is 0 Å². The first-order valence-corrected chi connectivity index (χ1v) is 5.14.